The van der Waals surface area contributed by atoms with Crippen LogP contribution in [0.5, 0.6) is 0 Å². The summed E-state index contributed by atoms with van der Waals surface area (Å²) >= 11 is 0. The first-order valence-corrected chi connectivity index (χ1v) is 19.4. The van der Waals surface area contributed by atoms with Crippen LogP contribution in [-0.2, 0) is 19.5 Å². The van der Waals surface area contributed by atoms with Crippen LogP contribution >= 0.6 is 0 Å². The van der Waals surface area contributed by atoms with Gasteiger partial charge in [0.2, 0.25) is 5.82 Å². The van der Waals surface area contributed by atoms with Gasteiger partial charge in [0.25, 0.3) is 0 Å². The molecule has 2 aliphatic rings. The maximum atomic E-state index is 16.2. The predicted octanol–water partition coefficient (Wildman–Crippen LogP) is 12.5. The molecule has 62 heavy (non-hydrogen) atoms. The van der Waals surface area contributed by atoms with Gasteiger partial charge in [0.1, 0.15) is 0 Å². The Morgan fingerprint density at radius 2 is 0.806 bits per heavy atom. The topological polar surface area (TPSA) is 63.8 Å². The quantitative estimate of drug-likeness (QED) is 0.0768. The van der Waals surface area contributed by atoms with E-state index in [1.54, 1.807) is 12.1 Å². The van der Waals surface area contributed by atoms with Crippen molar-refractivity contribution in [3.63, 3.8) is 0 Å². The Morgan fingerprint density at radius 1 is 0.387 bits per heavy atom. The minimum atomic E-state index is -2.27. The summed E-state index contributed by atoms with van der Waals surface area (Å²) in [4.78, 5) is 20.1. The second-order valence-electron chi connectivity index (χ2n) is 14.8. The fourth-order valence-electron chi connectivity index (χ4n) is 8.86. The zero-order chi connectivity index (χ0) is 41.1. The van der Waals surface area contributed by atoms with Crippen LogP contribution in [0.4, 0.5) is 22.0 Å². The normalized spacial score (nSPS) is 12.3. The van der Waals surface area contributed by atoms with E-state index in [4.69, 9.17) is 19.9 Å². The van der Waals surface area contributed by atoms with Crippen molar-refractivity contribution >= 4 is 90.0 Å². The van der Waals surface area contributed by atoms with Crippen molar-refractivity contribution in [1.29, 1.82) is 0 Å². The van der Waals surface area contributed by atoms with Crippen LogP contribution in [0.25, 0.3) is 112 Å². The SMILES string of the molecule is Fc1c(F)c(F)c(-c2c3nc(c(-n4c5ccccc5c5ccccc54)c4ccc(cc5nc(c(-n6c7ccccc7c7ccccc76)c6ccc2[n-]6)C=C5)[n-]4)C=C3)c(F)c1F.[Zn+2]. The number of rotatable bonds is 3. The minimum absolute atomic E-state index is 0. The molecule has 12 rings (SSSR count). The van der Waals surface area contributed by atoms with Gasteiger partial charge >= 0.3 is 19.5 Å². The van der Waals surface area contributed by atoms with Gasteiger partial charge in [-0.3, -0.25) is 0 Å². The standard InChI is InChI=1S/C50H25F5N6.Zn/c51-44-43(45(52)47(54)48(55)46(44)53)42-32-21-23-36(58-32)49(60-38-13-5-1-9-28(38)29-10-2-6-14-39(29)60)34-19-17-26(56-34)25-27-18-20-35(57-27)50(37-24-22-33(42)59-37)61-40-15-7-3-11-30(40)31-12-4-8-16-41(31)61;/h1-25H;/q-2;+2. The van der Waals surface area contributed by atoms with Crippen molar-refractivity contribution in [3.8, 4) is 22.5 Å². The van der Waals surface area contributed by atoms with E-state index in [9.17, 15) is 4.39 Å². The molecule has 12 heteroatoms. The van der Waals surface area contributed by atoms with E-state index in [0.717, 1.165) is 43.6 Å². The Hall–Kier alpha value is -7.43. The molecule has 5 aromatic carbocycles. The molecule has 5 aromatic heterocycles. The Morgan fingerprint density at radius 3 is 1.35 bits per heavy atom. The van der Waals surface area contributed by atoms with Crippen molar-refractivity contribution in [1.82, 2.24) is 29.1 Å². The molecular weight excluding hydrogens is 845 g/mol. The third-order valence-electron chi connectivity index (χ3n) is 11.4. The van der Waals surface area contributed by atoms with Gasteiger partial charge in [-0.2, -0.15) is 0 Å². The molecule has 0 unspecified atom stereocenters. The Bertz CT molecular complexity index is 3550. The fourth-order valence-corrected chi connectivity index (χ4v) is 8.86. The Balaban J connectivity index is 0.00000432. The summed E-state index contributed by atoms with van der Waals surface area (Å²) in [6.07, 6.45) is 6.88. The smallest absolute Gasteiger partial charge is 0.656 e. The summed E-state index contributed by atoms with van der Waals surface area (Å²) in [7, 11) is 0. The van der Waals surface area contributed by atoms with Gasteiger partial charge in [-0.05, 0) is 54.1 Å². The van der Waals surface area contributed by atoms with Gasteiger partial charge in [-0.25, -0.2) is 31.9 Å². The van der Waals surface area contributed by atoms with Gasteiger partial charge in [0, 0.05) is 21.5 Å². The second-order valence-corrected chi connectivity index (χ2v) is 14.8. The van der Waals surface area contributed by atoms with Crippen LogP contribution in [-0.4, -0.2) is 19.1 Å². The van der Waals surface area contributed by atoms with Crippen LogP contribution in [0, 0.1) is 29.1 Å². The number of para-hydroxylation sites is 4. The minimum Gasteiger partial charge on any atom is -0.656 e. The molecule has 0 radical (unpaired) electrons. The maximum Gasteiger partial charge on any atom is 2.00 e. The number of halogens is 5. The molecule has 0 spiro atoms. The number of hydrogen-bond acceptors (Lipinski definition) is 2. The largest absolute Gasteiger partial charge is 2.00 e. The van der Waals surface area contributed by atoms with Crippen molar-refractivity contribution < 1.29 is 41.4 Å². The van der Waals surface area contributed by atoms with E-state index >= 15 is 17.6 Å². The average Bonchev–Trinajstić information content (AvgIpc) is 4.17. The van der Waals surface area contributed by atoms with Crippen molar-refractivity contribution in [2.45, 2.75) is 0 Å². The molecule has 0 atom stereocenters. The van der Waals surface area contributed by atoms with E-state index < -0.39 is 34.6 Å². The zero-order valence-corrected chi connectivity index (χ0v) is 35.2. The van der Waals surface area contributed by atoms with Gasteiger partial charge in [0.15, 0.2) is 23.3 Å². The van der Waals surface area contributed by atoms with E-state index in [1.807, 2.05) is 137 Å². The third kappa shape index (κ3) is 5.42. The molecule has 0 aliphatic carbocycles. The first-order chi connectivity index (χ1) is 29.8. The van der Waals surface area contributed by atoms with Crippen molar-refractivity contribution in [3.05, 3.63) is 179 Å². The molecular formula is C50H25F5N6Zn. The molecule has 0 saturated carbocycles. The predicted molar refractivity (Wildman–Crippen MR) is 231 cm³/mol. The molecule has 7 heterocycles. The van der Waals surface area contributed by atoms with Gasteiger partial charge in [-0.15, -0.1) is 22.1 Å². The number of aromatic nitrogens is 6. The first-order valence-electron chi connectivity index (χ1n) is 19.4. The molecule has 0 saturated heterocycles. The van der Waals surface area contributed by atoms with Crippen LogP contribution in [0.15, 0.2) is 127 Å². The van der Waals surface area contributed by atoms with Gasteiger partial charge in [-0.1, -0.05) is 103 Å². The molecule has 292 valence electrons. The number of benzene rings is 5. The van der Waals surface area contributed by atoms with Gasteiger partial charge < -0.3 is 19.1 Å². The van der Waals surface area contributed by atoms with E-state index in [0.29, 0.717) is 45.0 Å². The van der Waals surface area contributed by atoms with Gasteiger partial charge in [0.05, 0.1) is 61.8 Å². The van der Waals surface area contributed by atoms with E-state index in [2.05, 4.69) is 0 Å². The molecule has 2 aliphatic heterocycles. The van der Waals surface area contributed by atoms with E-state index in [-0.39, 0.29) is 36.3 Å². The van der Waals surface area contributed by atoms with Crippen LogP contribution in [0.3, 0.4) is 0 Å². The number of nitrogens with zero attached hydrogens (tertiary/aromatic N) is 6. The molecule has 6 nitrogen and oxygen atoms in total. The van der Waals surface area contributed by atoms with Crippen LogP contribution in [0.1, 0.15) is 22.8 Å². The number of fused-ring (bicyclic) bond motifs is 14. The monoisotopic (exact) mass is 868 g/mol. The molecule has 8 bridgehead atoms. The summed E-state index contributed by atoms with van der Waals surface area (Å²) < 4.78 is 81.4. The second kappa shape index (κ2) is 14.1. The first kappa shape index (κ1) is 37.6. The number of hydrogen-bond donors (Lipinski definition) is 0. The summed E-state index contributed by atoms with van der Waals surface area (Å²) in [5, 5.41) is 3.87. The summed E-state index contributed by atoms with van der Waals surface area (Å²) in [5.41, 5.74) is 5.66. The molecule has 0 fully saturated rings. The molecule has 0 amide bonds. The Kier molecular flexibility index (Phi) is 8.53. The average molecular weight is 870 g/mol. The maximum absolute atomic E-state index is 16.2. The van der Waals surface area contributed by atoms with Crippen LogP contribution < -0.4 is 9.97 Å². The van der Waals surface area contributed by atoms with Crippen LogP contribution in [0.2, 0.25) is 0 Å². The fraction of sp³-hybridized carbons (Fsp3) is 0. The zero-order valence-electron chi connectivity index (χ0n) is 32.2. The summed E-state index contributed by atoms with van der Waals surface area (Å²) in [6, 6.07) is 40.2. The molecule has 0 N–H and O–H groups in total. The van der Waals surface area contributed by atoms with Crippen molar-refractivity contribution in [2.75, 3.05) is 0 Å². The Labute approximate surface area is 360 Å². The summed E-state index contributed by atoms with van der Waals surface area (Å²) in [6.45, 7) is 0. The summed E-state index contributed by atoms with van der Waals surface area (Å²) in [5.74, 6) is -10.4. The molecule has 10 aromatic rings. The third-order valence-corrected chi connectivity index (χ3v) is 11.4. The van der Waals surface area contributed by atoms with E-state index in [1.165, 1.54) is 12.1 Å². The van der Waals surface area contributed by atoms with Crippen molar-refractivity contribution in [2.24, 2.45) is 0 Å².